The standard InChI is InChI=1S/C15H21NO/c1-12-6-7-14(9-13(12)2)10-16-8-4-3-5-15(16)11-17/h6-7,9,11,15H,3-5,8,10H2,1-2H3. The predicted molar refractivity (Wildman–Crippen MR) is 70.0 cm³/mol. The summed E-state index contributed by atoms with van der Waals surface area (Å²) in [5.41, 5.74) is 3.99. The van der Waals surface area contributed by atoms with Crippen LogP contribution in [0.4, 0.5) is 0 Å². The second-order valence-electron chi connectivity index (χ2n) is 5.09. The summed E-state index contributed by atoms with van der Waals surface area (Å²) in [4.78, 5) is 13.3. The Hall–Kier alpha value is -1.15. The van der Waals surface area contributed by atoms with Gasteiger partial charge in [-0.25, -0.2) is 0 Å². The largest absolute Gasteiger partial charge is 0.302 e. The van der Waals surface area contributed by atoms with Crippen molar-refractivity contribution >= 4 is 6.29 Å². The fourth-order valence-electron chi connectivity index (χ4n) is 2.50. The van der Waals surface area contributed by atoms with Crippen molar-refractivity contribution in [3.63, 3.8) is 0 Å². The Morgan fingerprint density at radius 2 is 2.12 bits per heavy atom. The van der Waals surface area contributed by atoms with Gasteiger partial charge < -0.3 is 4.79 Å². The minimum Gasteiger partial charge on any atom is -0.302 e. The van der Waals surface area contributed by atoms with Gasteiger partial charge in [0.2, 0.25) is 0 Å². The van der Waals surface area contributed by atoms with Gasteiger partial charge in [-0.05, 0) is 49.9 Å². The minimum absolute atomic E-state index is 0.130. The maximum absolute atomic E-state index is 11.0. The average Bonchev–Trinajstić information content (AvgIpc) is 2.34. The van der Waals surface area contributed by atoms with Crippen molar-refractivity contribution in [3.05, 3.63) is 34.9 Å². The van der Waals surface area contributed by atoms with Crippen molar-refractivity contribution in [1.82, 2.24) is 4.90 Å². The number of likely N-dealkylation sites (tertiary alicyclic amines) is 1. The van der Waals surface area contributed by atoms with Gasteiger partial charge in [0.05, 0.1) is 6.04 Å². The molecule has 17 heavy (non-hydrogen) atoms. The number of piperidine rings is 1. The molecule has 2 heteroatoms. The van der Waals surface area contributed by atoms with Crippen LogP contribution in [0.5, 0.6) is 0 Å². The summed E-state index contributed by atoms with van der Waals surface area (Å²) >= 11 is 0. The van der Waals surface area contributed by atoms with Crippen molar-refractivity contribution in [1.29, 1.82) is 0 Å². The summed E-state index contributed by atoms with van der Waals surface area (Å²) < 4.78 is 0. The number of nitrogens with zero attached hydrogens (tertiary/aromatic N) is 1. The van der Waals surface area contributed by atoms with E-state index in [-0.39, 0.29) is 6.04 Å². The topological polar surface area (TPSA) is 20.3 Å². The van der Waals surface area contributed by atoms with E-state index in [0.717, 1.165) is 25.8 Å². The number of carbonyl (C=O) groups is 1. The van der Waals surface area contributed by atoms with E-state index >= 15 is 0 Å². The highest BCUT2D eigenvalue weighted by atomic mass is 16.1. The van der Waals surface area contributed by atoms with E-state index in [1.165, 1.54) is 29.5 Å². The molecule has 2 nitrogen and oxygen atoms in total. The number of aryl methyl sites for hydroxylation is 2. The van der Waals surface area contributed by atoms with Crippen LogP contribution < -0.4 is 0 Å². The summed E-state index contributed by atoms with van der Waals surface area (Å²) in [6, 6.07) is 6.72. The number of benzene rings is 1. The Bertz CT molecular complexity index is 400. The SMILES string of the molecule is Cc1ccc(CN2CCCCC2C=O)cc1C. The summed E-state index contributed by atoms with van der Waals surface area (Å²) in [5.74, 6) is 0. The van der Waals surface area contributed by atoms with E-state index in [2.05, 4.69) is 36.9 Å². The van der Waals surface area contributed by atoms with Gasteiger partial charge in [0.25, 0.3) is 0 Å². The zero-order valence-corrected chi connectivity index (χ0v) is 10.8. The monoisotopic (exact) mass is 231 g/mol. The van der Waals surface area contributed by atoms with Gasteiger partial charge in [0.15, 0.2) is 0 Å². The van der Waals surface area contributed by atoms with Gasteiger partial charge in [-0.15, -0.1) is 0 Å². The lowest BCUT2D eigenvalue weighted by Gasteiger charge is -2.32. The van der Waals surface area contributed by atoms with Crippen molar-refractivity contribution in [2.24, 2.45) is 0 Å². The molecule has 0 amide bonds. The van der Waals surface area contributed by atoms with Gasteiger partial charge in [0.1, 0.15) is 6.29 Å². The predicted octanol–water partition coefficient (Wildman–Crippen LogP) is 2.86. The van der Waals surface area contributed by atoms with Crippen LogP contribution in [0.25, 0.3) is 0 Å². The molecule has 1 aromatic carbocycles. The minimum atomic E-state index is 0.130. The molecule has 0 spiro atoms. The molecule has 1 atom stereocenters. The second kappa shape index (κ2) is 5.46. The first kappa shape index (κ1) is 12.3. The van der Waals surface area contributed by atoms with Crippen molar-refractivity contribution in [3.8, 4) is 0 Å². The Labute approximate surface area is 104 Å². The lowest BCUT2D eigenvalue weighted by atomic mass is 10.0. The molecule has 1 unspecified atom stereocenters. The molecule has 1 saturated heterocycles. The van der Waals surface area contributed by atoms with E-state index in [4.69, 9.17) is 0 Å². The molecule has 0 bridgehead atoms. The maximum atomic E-state index is 11.0. The summed E-state index contributed by atoms with van der Waals surface area (Å²) in [5, 5.41) is 0. The molecule has 1 aliphatic rings. The van der Waals surface area contributed by atoms with Crippen molar-refractivity contribution in [2.75, 3.05) is 6.54 Å². The highest BCUT2D eigenvalue weighted by Gasteiger charge is 2.21. The zero-order valence-electron chi connectivity index (χ0n) is 10.8. The third-order valence-electron chi connectivity index (χ3n) is 3.78. The van der Waals surface area contributed by atoms with Gasteiger partial charge in [-0.2, -0.15) is 0 Å². The third-order valence-corrected chi connectivity index (χ3v) is 3.78. The smallest absolute Gasteiger partial charge is 0.137 e. The molecule has 1 aromatic rings. The first-order chi connectivity index (χ1) is 8.20. The first-order valence-electron chi connectivity index (χ1n) is 6.46. The lowest BCUT2D eigenvalue weighted by molar-refractivity contribution is -0.113. The van der Waals surface area contributed by atoms with E-state index in [1.54, 1.807) is 0 Å². The second-order valence-corrected chi connectivity index (χ2v) is 5.09. The fraction of sp³-hybridized carbons (Fsp3) is 0.533. The van der Waals surface area contributed by atoms with E-state index < -0.39 is 0 Å². The van der Waals surface area contributed by atoms with Crippen LogP contribution in [0, 0.1) is 13.8 Å². The number of hydrogen-bond acceptors (Lipinski definition) is 2. The quantitative estimate of drug-likeness (QED) is 0.746. The molecule has 1 heterocycles. The molecule has 0 saturated carbocycles. The van der Waals surface area contributed by atoms with Gasteiger partial charge in [0, 0.05) is 6.54 Å². The Kier molecular flexibility index (Phi) is 3.95. The van der Waals surface area contributed by atoms with Gasteiger partial charge in [-0.3, -0.25) is 4.90 Å². The fourth-order valence-corrected chi connectivity index (χ4v) is 2.50. The number of rotatable bonds is 3. The first-order valence-corrected chi connectivity index (χ1v) is 6.46. The van der Waals surface area contributed by atoms with Crippen LogP contribution in [-0.2, 0) is 11.3 Å². The van der Waals surface area contributed by atoms with Crippen molar-refractivity contribution in [2.45, 2.75) is 45.7 Å². The van der Waals surface area contributed by atoms with Crippen LogP contribution in [0.2, 0.25) is 0 Å². The lowest BCUT2D eigenvalue weighted by Crippen LogP contribution is -2.39. The van der Waals surface area contributed by atoms with Gasteiger partial charge >= 0.3 is 0 Å². The molecule has 1 aliphatic heterocycles. The molecular weight excluding hydrogens is 210 g/mol. The molecule has 0 radical (unpaired) electrons. The molecule has 1 fully saturated rings. The number of hydrogen-bond donors (Lipinski definition) is 0. The van der Waals surface area contributed by atoms with Crippen LogP contribution in [0.3, 0.4) is 0 Å². The molecule has 0 aromatic heterocycles. The van der Waals surface area contributed by atoms with Crippen LogP contribution in [0.15, 0.2) is 18.2 Å². The highest BCUT2D eigenvalue weighted by molar-refractivity contribution is 5.57. The summed E-state index contributed by atoms with van der Waals surface area (Å²) in [6.07, 6.45) is 4.54. The normalized spacial score (nSPS) is 21.4. The average molecular weight is 231 g/mol. The highest BCUT2D eigenvalue weighted by Crippen LogP contribution is 2.19. The Morgan fingerprint density at radius 3 is 2.82 bits per heavy atom. The van der Waals surface area contributed by atoms with E-state index in [1.807, 2.05) is 0 Å². The zero-order chi connectivity index (χ0) is 12.3. The number of carbonyl (C=O) groups excluding carboxylic acids is 1. The molecule has 92 valence electrons. The van der Waals surface area contributed by atoms with E-state index in [0.29, 0.717) is 0 Å². The Balaban J connectivity index is 2.08. The molecular formula is C15H21NO. The van der Waals surface area contributed by atoms with E-state index in [9.17, 15) is 4.79 Å². The van der Waals surface area contributed by atoms with Gasteiger partial charge in [-0.1, -0.05) is 24.6 Å². The molecule has 0 N–H and O–H groups in total. The summed E-state index contributed by atoms with van der Waals surface area (Å²) in [6.45, 7) is 6.24. The number of aldehydes is 1. The molecule has 0 aliphatic carbocycles. The van der Waals surface area contributed by atoms with Crippen LogP contribution >= 0.6 is 0 Å². The van der Waals surface area contributed by atoms with Crippen molar-refractivity contribution < 1.29 is 4.79 Å². The Morgan fingerprint density at radius 1 is 1.29 bits per heavy atom. The summed E-state index contributed by atoms with van der Waals surface area (Å²) in [7, 11) is 0. The van der Waals surface area contributed by atoms with Crippen LogP contribution in [0.1, 0.15) is 36.0 Å². The maximum Gasteiger partial charge on any atom is 0.137 e. The third kappa shape index (κ3) is 2.95. The molecule has 2 rings (SSSR count). The van der Waals surface area contributed by atoms with Crippen LogP contribution in [-0.4, -0.2) is 23.8 Å².